The van der Waals surface area contributed by atoms with Gasteiger partial charge in [-0.15, -0.1) is 11.3 Å². The molecule has 0 unspecified atom stereocenters. The van der Waals surface area contributed by atoms with Crippen molar-refractivity contribution in [1.29, 1.82) is 0 Å². The van der Waals surface area contributed by atoms with Gasteiger partial charge in [-0.2, -0.15) is 0 Å². The van der Waals surface area contributed by atoms with Gasteiger partial charge in [-0.05, 0) is 23.1 Å². The van der Waals surface area contributed by atoms with Crippen LogP contribution in [-0.2, 0) is 6.54 Å². The predicted octanol–water partition coefficient (Wildman–Crippen LogP) is 3.96. The highest BCUT2D eigenvalue weighted by Gasteiger charge is 2.06. The zero-order valence-corrected chi connectivity index (χ0v) is 11.5. The summed E-state index contributed by atoms with van der Waals surface area (Å²) in [7, 11) is 0. The third-order valence-electron chi connectivity index (χ3n) is 2.39. The van der Waals surface area contributed by atoms with Crippen LogP contribution in [0.3, 0.4) is 0 Å². The Hall–Kier alpha value is -0.900. The smallest absolute Gasteiger partial charge is 0.0592 e. The fourth-order valence-electron chi connectivity index (χ4n) is 1.53. The first-order chi connectivity index (χ1) is 8.16. The van der Waals surface area contributed by atoms with Gasteiger partial charge >= 0.3 is 0 Å². The van der Waals surface area contributed by atoms with Crippen LogP contribution >= 0.6 is 22.9 Å². The molecule has 0 saturated heterocycles. The van der Waals surface area contributed by atoms with Gasteiger partial charge in [-0.3, -0.25) is 4.98 Å². The van der Waals surface area contributed by atoms with Gasteiger partial charge in [0.2, 0.25) is 0 Å². The maximum atomic E-state index is 6.12. The Kier molecular flexibility index (Phi) is 4.15. The van der Waals surface area contributed by atoms with Crippen molar-refractivity contribution in [3.8, 4) is 10.4 Å². The standard InChI is InChI=1S/C13H15ClN2S/c1-9(2)16-7-10-5-11(8-15-6-10)13-12(14)3-4-17-13/h3-6,8-9,16H,7H2,1-2H3. The molecule has 2 aromatic rings. The fraction of sp³-hybridized carbons (Fsp3) is 0.308. The zero-order chi connectivity index (χ0) is 12.3. The van der Waals surface area contributed by atoms with Crippen LogP contribution in [0, 0.1) is 0 Å². The van der Waals surface area contributed by atoms with Gasteiger partial charge < -0.3 is 5.32 Å². The van der Waals surface area contributed by atoms with Crippen LogP contribution in [0.15, 0.2) is 29.9 Å². The molecule has 0 bridgehead atoms. The van der Waals surface area contributed by atoms with E-state index in [1.54, 1.807) is 11.3 Å². The van der Waals surface area contributed by atoms with E-state index in [9.17, 15) is 0 Å². The number of halogens is 1. The summed E-state index contributed by atoms with van der Waals surface area (Å²) in [5.74, 6) is 0. The molecule has 2 rings (SSSR count). The van der Waals surface area contributed by atoms with Gasteiger partial charge in [0, 0.05) is 30.5 Å². The second kappa shape index (κ2) is 5.63. The minimum absolute atomic E-state index is 0.476. The van der Waals surface area contributed by atoms with Gasteiger partial charge in [0.1, 0.15) is 0 Å². The van der Waals surface area contributed by atoms with Gasteiger partial charge in [0.25, 0.3) is 0 Å². The average Bonchev–Trinajstić information content (AvgIpc) is 2.73. The largest absolute Gasteiger partial charge is 0.310 e. The minimum Gasteiger partial charge on any atom is -0.310 e. The molecule has 0 spiro atoms. The Bertz CT molecular complexity index is 494. The van der Waals surface area contributed by atoms with Crippen molar-refractivity contribution in [3.63, 3.8) is 0 Å². The van der Waals surface area contributed by atoms with Crippen LogP contribution < -0.4 is 5.32 Å². The van der Waals surface area contributed by atoms with Gasteiger partial charge in [0.15, 0.2) is 0 Å². The summed E-state index contributed by atoms with van der Waals surface area (Å²) in [6, 6.07) is 4.53. The topological polar surface area (TPSA) is 24.9 Å². The zero-order valence-electron chi connectivity index (χ0n) is 9.90. The first-order valence-electron chi connectivity index (χ1n) is 5.57. The number of hydrogen-bond donors (Lipinski definition) is 1. The van der Waals surface area contributed by atoms with E-state index in [0.717, 1.165) is 22.0 Å². The summed E-state index contributed by atoms with van der Waals surface area (Å²) >= 11 is 7.76. The van der Waals surface area contributed by atoms with Crippen LogP contribution in [-0.4, -0.2) is 11.0 Å². The molecule has 0 atom stereocenters. The van der Waals surface area contributed by atoms with Crippen LogP contribution in [0.5, 0.6) is 0 Å². The monoisotopic (exact) mass is 266 g/mol. The predicted molar refractivity (Wildman–Crippen MR) is 74.5 cm³/mol. The van der Waals surface area contributed by atoms with Crippen molar-refractivity contribution in [2.75, 3.05) is 0 Å². The first-order valence-corrected chi connectivity index (χ1v) is 6.83. The molecule has 2 nitrogen and oxygen atoms in total. The molecule has 0 fully saturated rings. The number of hydrogen-bond acceptors (Lipinski definition) is 3. The Balaban J connectivity index is 2.20. The third kappa shape index (κ3) is 3.28. The minimum atomic E-state index is 0.476. The molecular formula is C13H15ClN2S. The molecule has 0 aromatic carbocycles. The average molecular weight is 267 g/mol. The molecule has 0 aliphatic rings. The lowest BCUT2D eigenvalue weighted by Gasteiger charge is -2.08. The second-order valence-electron chi connectivity index (χ2n) is 4.22. The molecule has 90 valence electrons. The third-order valence-corrected chi connectivity index (χ3v) is 3.78. The van der Waals surface area contributed by atoms with E-state index in [2.05, 4.69) is 30.2 Å². The molecule has 0 aliphatic carbocycles. The van der Waals surface area contributed by atoms with Crippen LogP contribution in [0.25, 0.3) is 10.4 Å². The molecule has 1 N–H and O–H groups in total. The van der Waals surface area contributed by atoms with E-state index in [0.29, 0.717) is 6.04 Å². The first kappa shape index (κ1) is 12.6. The summed E-state index contributed by atoms with van der Waals surface area (Å²) in [6.07, 6.45) is 3.75. The molecule has 4 heteroatoms. The summed E-state index contributed by atoms with van der Waals surface area (Å²) < 4.78 is 0. The van der Waals surface area contributed by atoms with Crippen molar-refractivity contribution >= 4 is 22.9 Å². The molecule has 0 aliphatic heterocycles. The van der Waals surface area contributed by atoms with Gasteiger partial charge in [-0.25, -0.2) is 0 Å². The lowest BCUT2D eigenvalue weighted by atomic mass is 10.1. The number of rotatable bonds is 4. The lowest BCUT2D eigenvalue weighted by Crippen LogP contribution is -2.21. The van der Waals surface area contributed by atoms with Crippen molar-refractivity contribution < 1.29 is 0 Å². The van der Waals surface area contributed by atoms with Crippen LogP contribution in [0.2, 0.25) is 5.02 Å². The Morgan fingerprint density at radius 1 is 1.41 bits per heavy atom. The highest BCUT2D eigenvalue weighted by atomic mass is 35.5. The fourth-order valence-corrected chi connectivity index (χ4v) is 2.68. The molecule has 2 heterocycles. The summed E-state index contributed by atoms with van der Waals surface area (Å²) in [5, 5.41) is 6.17. The van der Waals surface area contributed by atoms with E-state index in [4.69, 9.17) is 11.6 Å². The molecule has 0 amide bonds. The van der Waals surface area contributed by atoms with Gasteiger partial charge in [-0.1, -0.05) is 25.4 Å². The summed E-state index contributed by atoms with van der Waals surface area (Å²) in [4.78, 5) is 5.36. The molecule has 17 heavy (non-hydrogen) atoms. The number of thiophene rings is 1. The highest BCUT2D eigenvalue weighted by molar-refractivity contribution is 7.14. The van der Waals surface area contributed by atoms with Crippen LogP contribution in [0.1, 0.15) is 19.4 Å². The number of pyridine rings is 1. The van der Waals surface area contributed by atoms with E-state index >= 15 is 0 Å². The maximum Gasteiger partial charge on any atom is 0.0592 e. The Morgan fingerprint density at radius 2 is 2.24 bits per heavy atom. The number of aromatic nitrogens is 1. The van der Waals surface area contributed by atoms with E-state index in [1.165, 1.54) is 5.56 Å². The molecule has 0 radical (unpaired) electrons. The van der Waals surface area contributed by atoms with E-state index < -0.39 is 0 Å². The van der Waals surface area contributed by atoms with Crippen LogP contribution in [0.4, 0.5) is 0 Å². The quantitative estimate of drug-likeness (QED) is 0.906. The van der Waals surface area contributed by atoms with E-state index in [1.807, 2.05) is 23.8 Å². The summed E-state index contributed by atoms with van der Waals surface area (Å²) in [5.41, 5.74) is 2.27. The molecule has 2 aromatic heterocycles. The molecule has 0 saturated carbocycles. The van der Waals surface area contributed by atoms with Crippen molar-refractivity contribution in [2.45, 2.75) is 26.4 Å². The van der Waals surface area contributed by atoms with Gasteiger partial charge in [0.05, 0.1) is 9.90 Å². The highest BCUT2D eigenvalue weighted by Crippen LogP contribution is 2.32. The summed E-state index contributed by atoms with van der Waals surface area (Å²) in [6.45, 7) is 5.10. The Morgan fingerprint density at radius 3 is 2.88 bits per heavy atom. The van der Waals surface area contributed by atoms with Crippen molar-refractivity contribution in [3.05, 3.63) is 40.5 Å². The van der Waals surface area contributed by atoms with Crippen molar-refractivity contribution in [2.24, 2.45) is 0 Å². The SMILES string of the molecule is CC(C)NCc1cncc(-c2sccc2Cl)c1. The number of nitrogens with one attached hydrogen (secondary N) is 1. The lowest BCUT2D eigenvalue weighted by molar-refractivity contribution is 0.588. The van der Waals surface area contributed by atoms with E-state index in [-0.39, 0.29) is 0 Å². The normalized spacial score (nSPS) is 11.1. The number of nitrogens with zero attached hydrogens (tertiary/aromatic N) is 1. The van der Waals surface area contributed by atoms with Crippen molar-refractivity contribution in [1.82, 2.24) is 10.3 Å². The second-order valence-corrected chi connectivity index (χ2v) is 5.54. The molecular weight excluding hydrogens is 252 g/mol. The Labute approximate surface area is 111 Å². The maximum absolute atomic E-state index is 6.12.